The Morgan fingerprint density at radius 3 is 2.86 bits per heavy atom. The number of fused-ring (bicyclic) bond motifs is 1. The first-order chi connectivity index (χ1) is 17.3. The SMILES string of the molecule is C=CCN1CC[C@@]2(c3cccc(OC(C)=O)c3)C[C@@H](NC(=O)C=Cc3cc(Br)cs3)CC[C@]2(OC)C1. The van der Waals surface area contributed by atoms with Gasteiger partial charge in [-0.05, 0) is 78.0 Å². The van der Waals surface area contributed by atoms with E-state index >= 15 is 0 Å². The molecule has 1 aliphatic heterocycles. The normalized spacial score (nSPS) is 26.4. The molecule has 36 heavy (non-hydrogen) atoms. The molecule has 2 aromatic rings. The largest absolute Gasteiger partial charge is 0.427 e. The summed E-state index contributed by atoms with van der Waals surface area (Å²) in [6, 6.07) is 9.80. The third kappa shape index (κ3) is 5.67. The summed E-state index contributed by atoms with van der Waals surface area (Å²) >= 11 is 5.03. The van der Waals surface area contributed by atoms with Crippen LogP contribution in [0.15, 0.2) is 58.9 Å². The summed E-state index contributed by atoms with van der Waals surface area (Å²) in [5, 5.41) is 5.24. The van der Waals surface area contributed by atoms with Crippen molar-refractivity contribution in [2.75, 3.05) is 26.7 Å². The van der Waals surface area contributed by atoms with E-state index in [1.165, 1.54) is 6.92 Å². The molecule has 8 heteroatoms. The fraction of sp³-hybridized carbons (Fsp3) is 0.429. The zero-order chi connectivity index (χ0) is 25.8. The highest BCUT2D eigenvalue weighted by atomic mass is 79.9. The van der Waals surface area contributed by atoms with Gasteiger partial charge in [0.2, 0.25) is 5.91 Å². The Balaban J connectivity index is 1.62. The van der Waals surface area contributed by atoms with Gasteiger partial charge in [0, 0.05) is 59.4 Å². The van der Waals surface area contributed by atoms with Crippen LogP contribution in [0.2, 0.25) is 0 Å². The van der Waals surface area contributed by atoms with E-state index in [4.69, 9.17) is 9.47 Å². The lowest BCUT2D eigenvalue weighted by molar-refractivity contribution is -0.149. The maximum absolute atomic E-state index is 12.8. The molecule has 1 aliphatic carbocycles. The predicted octanol–water partition coefficient (Wildman–Crippen LogP) is 5.33. The number of thiophene rings is 1. The van der Waals surface area contributed by atoms with E-state index < -0.39 is 5.60 Å². The first-order valence-corrected chi connectivity index (χ1v) is 13.9. The molecule has 0 spiro atoms. The van der Waals surface area contributed by atoms with Gasteiger partial charge in [0.05, 0.1) is 5.60 Å². The van der Waals surface area contributed by atoms with Crippen molar-refractivity contribution < 1.29 is 19.1 Å². The fourth-order valence-electron chi connectivity index (χ4n) is 5.90. The van der Waals surface area contributed by atoms with Crippen LogP contribution < -0.4 is 10.1 Å². The van der Waals surface area contributed by atoms with Gasteiger partial charge in [0.1, 0.15) is 5.75 Å². The van der Waals surface area contributed by atoms with Crippen LogP contribution in [0.5, 0.6) is 5.75 Å². The van der Waals surface area contributed by atoms with Gasteiger partial charge >= 0.3 is 5.97 Å². The number of carbonyl (C=O) groups is 2. The summed E-state index contributed by atoms with van der Waals surface area (Å²) in [6.45, 7) is 7.80. The average Bonchev–Trinajstić information content (AvgIpc) is 3.28. The molecule has 0 bridgehead atoms. The summed E-state index contributed by atoms with van der Waals surface area (Å²) in [5.74, 6) is 0.0910. The monoisotopic (exact) mass is 572 g/mol. The van der Waals surface area contributed by atoms with Gasteiger partial charge in [-0.15, -0.1) is 17.9 Å². The second kappa shape index (κ2) is 11.4. The van der Waals surface area contributed by atoms with Crippen molar-refractivity contribution in [1.82, 2.24) is 10.2 Å². The molecule has 1 amide bonds. The van der Waals surface area contributed by atoms with Crippen molar-refractivity contribution in [2.24, 2.45) is 0 Å². The highest BCUT2D eigenvalue weighted by molar-refractivity contribution is 9.10. The van der Waals surface area contributed by atoms with Crippen molar-refractivity contribution >= 4 is 45.2 Å². The van der Waals surface area contributed by atoms with Gasteiger partial charge in [-0.1, -0.05) is 18.2 Å². The number of hydrogen-bond donors (Lipinski definition) is 1. The quantitative estimate of drug-likeness (QED) is 0.200. The van der Waals surface area contributed by atoms with Gasteiger partial charge in [-0.25, -0.2) is 0 Å². The van der Waals surface area contributed by atoms with Crippen LogP contribution in [0.4, 0.5) is 0 Å². The van der Waals surface area contributed by atoms with Crippen molar-refractivity contribution in [1.29, 1.82) is 0 Å². The summed E-state index contributed by atoms with van der Waals surface area (Å²) < 4.78 is 12.8. The maximum Gasteiger partial charge on any atom is 0.308 e. The minimum absolute atomic E-state index is 0.00355. The molecule has 2 heterocycles. The molecule has 3 atom stereocenters. The van der Waals surface area contributed by atoms with Crippen molar-refractivity contribution in [3.63, 3.8) is 0 Å². The minimum atomic E-state index is -0.427. The molecule has 4 rings (SSSR count). The first kappa shape index (κ1) is 26.8. The Morgan fingerprint density at radius 1 is 1.33 bits per heavy atom. The van der Waals surface area contributed by atoms with E-state index in [1.54, 1.807) is 30.6 Å². The molecule has 1 N–H and O–H groups in total. The van der Waals surface area contributed by atoms with E-state index in [2.05, 4.69) is 38.8 Å². The van der Waals surface area contributed by atoms with E-state index in [0.717, 1.165) is 60.2 Å². The number of methoxy groups -OCH3 is 1. The molecule has 192 valence electrons. The first-order valence-electron chi connectivity index (χ1n) is 12.2. The number of piperidine rings is 1. The highest BCUT2D eigenvalue weighted by Crippen LogP contribution is 2.53. The van der Waals surface area contributed by atoms with E-state index in [1.807, 2.05) is 35.7 Å². The van der Waals surface area contributed by atoms with Crippen molar-refractivity contribution in [3.8, 4) is 5.75 Å². The number of nitrogens with zero attached hydrogens (tertiary/aromatic N) is 1. The minimum Gasteiger partial charge on any atom is -0.427 e. The Hall–Kier alpha value is -2.26. The zero-order valence-electron chi connectivity index (χ0n) is 20.8. The molecule has 0 radical (unpaired) electrons. The summed E-state index contributed by atoms with van der Waals surface area (Å²) in [4.78, 5) is 27.9. The number of esters is 1. The summed E-state index contributed by atoms with van der Waals surface area (Å²) in [5.41, 5.74) is 0.316. The van der Waals surface area contributed by atoms with Gasteiger partial charge in [0.25, 0.3) is 0 Å². The second-order valence-corrected chi connectivity index (χ2v) is 11.5. The molecular weight excluding hydrogens is 540 g/mol. The third-order valence-corrected chi connectivity index (χ3v) is 9.12. The number of halogens is 1. The number of likely N-dealkylation sites (tertiary alicyclic amines) is 1. The van der Waals surface area contributed by atoms with Crippen LogP contribution in [-0.2, 0) is 19.7 Å². The zero-order valence-corrected chi connectivity index (χ0v) is 23.2. The molecule has 6 nitrogen and oxygen atoms in total. The van der Waals surface area contributed by atoms with Crippen LogP contribution in [0.1, 0.15) is 43.0 Å². The molecule has 1 saturated carbocycles. The van der Waals surface area contributed by atoms with Crippen LogP contribution in [-0.4, -0.2) is 55.2 Å². The smallest absolute Gasteiger partial charge is 0.308 e. The number of ether oxygens (including phenoxy) is 2. The molecule has 0 unspecified atom stereocenters. The van der Waals surface area contributed by atoms with Crippen LogP contribution in [0.3, 0.4) is 0 Å². The van der Waals surface area contributed by atoms with E-state index in [9.17, 15) is 9.59 Å². The predicted molar refractivity (Wildman–Crippen MR) is 147 cm³/mol. The standard InChI is InChI=1S/C28H33BrN2O4S/c1-4-13-31-14-12-27(21-6-5-7-24(15-21)35-20(2)32)17-23(10-11-28(27,19-31)34-3)30-26(33)9-8-25-16-22(29)18-36-25/h4-9,15-16,18,23H,1,10-14,17,19H2,2-3H3,(H,30,33)/t23-,27-,28-/m0/s1. The lowest BCUT2D eigenvalue weighted by Crippen LogP contribution is -2.67. The lowest BCUT2D eigenvalue weighted by Gasteiger charge is -2.59. The van der Waals surface area contributed by atoms with Gasteiger partial charge < -0.3 is 14.8 Å². The van der Waals surface area contributed by atoms with Gasteiger partial charge in [-0.2, -0.15) is 0 Å². The third-order valence-electron chi connectivity index (χ3n) is 7.46. The Labute approximate surface area is 225 Å². The van der Waals surface area contributed by atoms with Crippen LogP contribution in [0, 0.1) is 0 Å². The topological polar surface area (TPSA) is 67.9 Å². The highest BCUT2D eigenvalue weighted by Gasteiger charge is 2.58. The summed E-state index contributed by atoms with van der Waals surface area (Å²) in [6.07, 6.45) is 8.63. The maximum atomic E-state index is 12.8. The van der Waals surface area contributed by atoms with Gasteiger partial charge in [0.15, 0.2) is 0 Å². The lowest BCUT2D eigenvalue weighted by atomic mass is 9.55. The molecule has 2 aliphatic rings. The summed E-state index contributed by atoms with van der Waals surface area (Å²) in [7, 11) is 1.79. The molecule has 1 aromatic carbocycles. The number of benzene rings is 1. The molecule has 2 fully saturated rings. The van der Waals surface area contributed by atoms with Crippen LogP contribution in [0.25, 0.3) is 6.08 Å². The average molecular weight is 574 g/mol. The van der Waals surface area contributed by atoms with Crippen molar-refractivity contribution in [3.05, 3.63) is 69.4 Å². The van der Waals surface area contributed by atoms with Gasteiger partial charge in [-0.3, -0.25) is 14.5 Å². The number of carbonyl (C=O) groups excluding carboxylic acids is 2. The number of nitrogens with one attached hydrogen (secondary N) is 1. The van der Waals surface area contributed by atoms with E-state index in [-0.39, 0.29) is 23.3 Å². The van der Waals surface area contributed by atoms with E-state index in [0.29, 0.717) is 5.75 Å². The number of amides is 1. The molecular formula is C28H33BrN2O4S. The van der Waals surface area contributed by atoms with Crippen LogP contribution >= 0.6 is 27.3 Å². The Bertz CT molecular complexity index is 1150. The van der Waals surface area contributed by atoms with Crippen molar-refractivity contribution in [2.45, 2.75) is 49.7 Å². The Kier molecular flexibility index (Phi) is 8.50. The second-order valence-electron chi connectivity index (χ2n) is 9.62. The molecule has 1 aromatic heterocycles. The number of hydrogen-bond acceptors (Lipinski definition) is 6. The number of rotatable bonds is 8. The Morgan fingerprint density at radius 2 is 2.17 bits per heavy atom. The fourth-order valence-corrected chi connectivity index (χ4v) is 7.24. The molecule has 1 saturated heterocycles.